The summed E-state index contributed by atoms with van der Waals surface area (Å²) in [5.41, 5.74) is -0.902. The summed E-state index contributed by atoms with van der Waals surface area (Å²) in [6, 6.07) is 8.68. The minimum atomic E-state index is -1.44. The Hall–Kier alpha value is -2.70. The molecule has 1 amide bonds. The Bertz CT molecular complexity index is 684. The molecule has 0 bridgehead atoms. The van der Waals surface area contributed by atoms with Gasteiger partial charge in [-0.3, -0.25) is 4.79 Å². The molecule has 0 aliphatic heterocycles. The van der Waals surface area contributed by atoms with E-state index in [1.165, 1.54) is 0 Å². The molecule has 2 rings (SSSR count). The summed E-state index contributed by atoms with van der Waals surface area (Å²) in [5, 5.41) is 16.0. The lowest BCUT2D eigenvalue weighted by atomic mass is 9.87. The molecule has 0 saturated carbocycles. The maximum absolute atomic E-state index is 12.2. The molecule has 1 aromatic carbocycles. The van der Waals surface area contributed by atoms with Crippen LogP contribution in [0.2, 0.25) is 0 Å². The molecule has 2 N–H and O–H groups in total. The Morgan fingerprint density at radius 3 is 2.52 bits per heavy atom. The molecule has 0 aliphatic rings. The molecular weight excluding hydrogens is 298 g/mol. The van der Waals surface area contributed by atoms with Gasteiger partial charge in [-0.2, -0.15) is 4.98 Å². The number of aliphatic carboxylic acids is 1. The van der Waals surface area contributed by atoms with Crippen molar-refractivity contribution in [2.24, 2.45) is 0 Å². The van der Waals surface area contributed by atoms with Crippen molar-refractivity contribution in [1.29, 1.82) is 0 Å². The number of aryl methyl sites for hydroxylation is 2. The summed E-state index contributed by atoms with van der Waals surface area (Å²) in [6.45, 7) is 3.41. The van der Waals surface area contributed by atoms with Crippen LogP contribution in [0.15, 0.2) is 34.9 Å². The molecule has 1 aromatic heterocycles. The van der Waals surface area contributed by atoms with E-state index in [9.17, 15) is 14.7 Å². The monoisotopic (exact) mass is 317 g/mol. The molecule has 1 atom stereocenters. The van der Waals surface area contributed by atoms with Gasteiger partial charge in [0.15, 0.2) is 11.4 Å². The number of carbonyl (C=O) groups excluding carboxylic acids is 1. The molecule has 1 unspecified atom stereocenters. The van der Waals surface area contributed by atoms with Gasteiger partial charge in [0.2, 0.25) is 11.8 Å². The van der Waals surface area contributed by atoms with Crippen molar-refractivity contribution >= 4 is 11.9 Å². The lowest BCUT2D eigenvalue weighted by Gasteiger charge is -2.30. The van der Waals surface area contributed by atoms with Crippen molar-refractivity contribution in [2.75, 3.05) is 0 Å². The second-order valence-corrected chi connectivity index (χ2v) is 5.21. The van der Waals surface area contributed by atoms with Crippen LogP contribution in [-0.2, 0) is 21.5 Å². The third-order valence-corrected chi connectivity index (χ3v) is 3.65. The lowest BCUT2D eigenvalue weighted by Crippen LogP contribution is -2.51. The number of nitrogens with zero attached hydrogens (tertiary/aromatic N) is 2. The molecule has 1 heterocycles. The summed E-state index contributed by atoms with van der Waals surface area (Å²) in [5.74, 6) is -0.616. The minimum absolute atomic E-state index is 0.0729. The number of hydrogen-bond donors (Lipinski definition) is 2. The number of carboxylic acid groups (broad SMARTS) is 1. The fourth-order valence-electron chi connectivity index (χ4n) is 2.38. The maximum Gasteiger partial charge on any atom is 0.334 e. The van der Waals surface area contributed by atoms with Gasteiger partial charge in [0.05, 0.1) is 0 Å². The van der Waals surface area contributed by atoms with E-state index in [0.717, 1.165) is 0 Å². The Morgan fingerprint density at radius 1 is 1.30 bits per heavy atom. The first-order valence-corrected chi connectivity index (χ1v) is 7.37. The Balaban J connectivity index is 2.11. The molecule has 2 aromatic rings. The zero-order valence-electron chi connectivity index (χ0n) is 13.1. The Labute approximate surface area is 133 Å². The molecular formula is C16H19N3O4. The van der Waals surface area contributed by atoms with Crippen LogP contribution in [0.4, 0.5) is 0 Å². The average Bonchev–Trinajstić information content (AvgIpc) is 2.97. The number of benzene rings is 1. The van der Waals surface area contributed by atoms with E-state index in [4.69, 9.17) is 4.52 Å². The molecule has 7 heteroatoms. The van der Waals surface area contributed by atoms with Crippen LogP contribution < -0.4 is 5.32 Å². The van der Waals surface area contributed by atoms with Crippen LogP contribution in [-0.4, -0.2) is 27.1 Å². The fraction of sp³-hybridized carbons (Fsp3) is 0.375. The normalized spacial score (nSPS) is 13.3. The highest BCUT2D eigenvalue weighted by Crippen LogP contribution is 2.25. The molecule has 0 saturated heterocycles. The predicted octanol–water partition coefficient (Wildman–Crippen LogP) is 1.82. The van der Waals surface area contributed by atoms with Crippen LogP contribution in [0.1, 0.15) is 37.0 Å². The van der Waals surface area contributed by atoms with E-state index in [1.807, 2.05) is 0 Å². The van der Waals surface area contributed by atoms with Crippen molar-refractivity contribution in [1.82, 2.24) is 15.5 Å². The molecule has 7 nitrogen and oxygen atoms in total. The molecule has 0 aliphatic carbocycles. The van der Waals surface area contributed by atoms with Crippen molar-refractivity contribution in [3.8, 4) is 0 Å². The number of aromatic nitrogens is 2. The van der Waals surface area contributed by atoms with E-state index in [1.54, 1.807) is 44.2 Å². The summed E-state index contributed by atoms with van der Waals surface area (Å²) in [7, 11) is 0. The van der Waals surface area contributed by atoms with Crippen molar-refractivity contribution in [3.63, 3.8) is 0 Å². The number of rotatable bonds is 7. The average molecular weight is 317 g/mol. The standard InChI is InChI=1S/C16H19N3O4/c1-3-16(15(21)22,12-7-5-4-6-8-12)18-13(20)9-10-14-17-11(2)19-23-14/h4-8H,3,9-10H2,1-2H3,(H,18,20)(H,21,22). The SMILES string of the molecule is CCC(NC(=O)CCc1nc(C)no1)(C(=O)O)c1ccccc1. The summed E-state index contributed by atoms with van der Waals surface area (Å²) < 4.78 is 4.95. The number of amides is 1. The smallest absolute Gasteiger partial charge is 0.334 e. The highest BCUT2D eigenvalue weighted by atomic mass is 16.5. The van der Waals surface area contributed by atoms with E-state index >= 15 is 0 Å². The van der Waals surface area contributed by atoms with E-state index in [0.29, 0.717) is 17.3 Å². The predicted molar refractivity (Wildman–Crippen MR) is 81.5 cm³/mol. The van der Waals surface area contributed by atoms with Gasteiger partial charge in [0.25, 0.3) is 0 Å². The largest absolute Gasteiger partial charge is 0.479 e. The van der Waals surface area contributed by atoms with Gasteiger partial charge in [0, 0.05) is 12.8 Å². The summed E-state index contributed by atoms with van der Waals surface area (Å²) >= 11 is 0. The first-order valence-electron chi connectivity index (χ1n) is 7.37. The molecule has 23 heavy (non-hydrogen) atoms. The van der Waals surface area contributed by atoms with Crippen LogP contribution in [0, 0.1) is 6.92 Å². The van der Waals surface area contributed by atoms with E-state index in [-0.39, 0.29) is 25.2 Å². The zero-order valence-corrected chi connectivity index (χ0v) is 13.1. The maximum atomic E-state index is 12.2. The number of nitrogens with one attached hydrogen (secondary N) is 1. The second kappa shape index (κ2) is 7.04. The van der Waals surface area contributed by atoms with Gasteiger partial charge in [-0.15, -0.1) is 0 Å². The first-order chi connectivity index (χ1) is 11.0. The van der Waals surface area contributed by atoms with Gasteiger partial charge in [-0.1, -0.05) is 42.4 Å². The van der Waals surface area contributed by atoms with Crippen molar-refractivity contribution < 1.29 is 19.2 Å². The van der Waals surface area contributed by atoms with Gasteiger partial charge in [-0.25, -0.2) is 4.79 Å². The third kappa shape index (κ3) is 3.74. The Kier molecular flexibility index (Phi) is 5.10. The topological polar surface area (TPSA) is 105 Å². The highest BCUT2D eigenvalue weighted by Gasteiger charge is 2.40. The van der Waals surface area contributed by atoms with Gasteiger partial charge < -0.3 is 14.9 Å². The first kappa shape index (κ1) is 16.7. The number of carboxylic acids is 1. The van der Waals surface area contributed by atoms with Gasteiger partial charge >= 0.3 is 5.97 Å². The zero-order chi connectivity index (χ0) is 16.9. The lowest BCUT2D eigenvalue weighted by molar-refractivity contribution is -0.148. The Morgan fingerprint density at radius 2 is 2.00 bits per heavy atom. The van der Waals surface area contributed by atoms with Crippen LogP contribution >= 0.6 is 0 Å². The summed E-state index contributed by atoms with van der Waals surface area (Å²) in [4.78, 5) is 28.0. The van der Waals surface area contributed by atoms with Crippen LogP contribution in [0.5, 0.6) is 0 Å². The molecule has 122 valence electrons. The quantitative estimate of drug-likeness (QED) is 0.807. The van der Waals surface area contributed by atoms with Crippen molar-refractivity contribution in [2.45, 2.75) is 38.6 Å². The number of hydrogen-bond acceptors (Lipinski definition) is 5. The number of carbonyl (C=O) groups is 2. The summed E-state index contributed by atoms with van der Waals surface area (Å²) in [6.07, 6.45) is 0.572. The van der Waals surface area contributed by atoms with Crippen LogP contribution in [0.25, 0.3) is 0 Å². The van der Waals surface area contributed by atoms with Gasteiger partial charge in [-0.05, 0) is 18.9 Å². The van der Waals surface area contributed by atoms with Crippen LogP contribution in [0.3, 0.4) is 0 Å². The minimum Gasteiger partial charge on any atom is -0.479 e. The second-order valence-electron chi connectivity index (χ2n) is 5.21. The molecule has 0 radical (unpaired) electrons. The molecule has 0 spiro atoms. The van der Waals surface area contributed by atoms with E-state index in [2.05, 4.69) is 15.5 Å². The van der Waals surface area contributed by atoms with Crippen molar-refractivity contribution in [3.05, 3.63) is 47.6 Å². The van der Waals surface area contributed by atoms with E-state index < -0.39 is 11.5 Å². The molecule has 0 fully saturated rings. The third-order valence-electron chi connectivity index (χ3n) is 3.65. The van der Waals surface area contributed by atoms with Gasteiger partial charge in [0.1, 0.15) is 0 Å². The fourth-order valence-corrected chi connectivity index (χ4v) is 2.38. The highest BCUT2D eigenvalue weighted by molar-refractivity contribution is 5.88.